The predicted octanol–water partition coefficient (Wildman–Crippen LogP) is 3.20. The van der Waals surface area contributed by atoms with Gasteiger partial charge in [0.25, 0.3) is 5.91 Å². The van der Waals surface area contributed by atoms with Gasteiger partial charge in [0.1, 0.15) is 5.75 Å². The van der Waals surface area contributed by atoms with Gasteiger partial charge < -0.3 is 15.2 Å². The van der Waals surface area contributed by atoms with Gasteiger partial charge in [-0.15, -0.1) is 0 Å². The molecule has 1 unspecified atom stereocenters. The second-order valence-electron chi connectivity index (χ2n) is 5.28. The Morgan fingerprint density at radius 1 is 1.14 bits per heavy atom. The molecule has 0 heterocycles. The standard InChI is InChI=1S/C17H27NO3/c1-5-14(6-2)18-17(20)12(4)21-15-10-8-13(9-11-15)16(19)7-3/h8-12,14,16,19H,5-7H2,1-4H3,(H,18,20)/t12?,16-/m0/s1. The molecular formula is C17H27NO3. The van der Waals surface area contributed by atoms with Crippen LogP contribution in [0.4, 0.5) is 0 Å². The van der Waals surface area contributed by atoms with Crippen LogP contribution in [0.2, 0.25) is 0 Å². The Bertz CT molecular complexity index is 426. The van der Waals surface area contributed by atoms with Gasteiger partial charge in [-0.25, -0.2) is 0 Å². The van der Waals surface area contributed by atoms with Gasteiger partial charge >= 0.3 is 0 Å². The van der Waals surface area contributed by atoms with Gasteiger partial charge in [0.05, 0.1) is 6.10 Å². The summed E-state index contributed by atoms with van der Waals surface area (Å²) in [6, 6.07) is 7.43. The highest BCUT2D eigenvalue weighted by molar-refractivity contribution is 5.81. The third-order valence-electron chi connectivity index (χ3n) is 3.67. The highest BCUT2D eigenvalue weighted by Gasteiger charge is 2.17. The van der Waals surface area contributed by atoms with Gasteiger partial charge in [-0.05, 0) is 43.9 Å². The topological polar surface area (TPSA) is 58.6 Å². The molecule has 0 spiro atoms. The van der Waals surface area contributed by atoms with Crippen LogP contribution in [0.25, 0.3) is 0 Å². The predicted molar refractivity (Wildman–Crippen MR) is 84.3 cm³/mol. The molecule has 1 aromatic rings. The molecule has 1 aromatic carbocycles. The molecule has 0 radical (unpaired) electrons. The van der Waals surface area contributed by atoms with E-state index in [1.54, 1.807) is 19.1 Å². The van der Waals surface area contributed by atoms with Crippen molar-refractivity contribution in [1.82, 2.24) is 5.32 Å². The lowest BCUT2D eigenvalue weighted by Crippen LogP contribution is -2.42. The first-order valence-electron chi connectivity index (χ1n) is 7.76. The third kappa shape index (κ3) is 5.38. The number of aliphatic hydroxyl groups excluding tert-OH is 1. The van der Waals surface area contributed by atoms with Crippen molar-refractivity contribution in [2.75, 3.05) is 0 Å². The second kappa shape index (κ2) is 8.67. The van der Waals surface area contributed by atoms with Crippen LogP contribution in [0, 0.1) is 0 Å². The fourth-order valence-corrected chi connectivity index (χ4v) is 2.07. The first-order valence-corrected chi connectivity index (χ1v) is 7.76. The van der Waals surface area contributed by atoms with Gasteiger partial charge in [-0.1, -0.05) is 32.9 Å². The molecule has 4 heteroatoms. The zero-order valence-electron chi connectivity index (χ0n) is 13.4. The van der Waals surface area contributed by atoms with E-state index in [9.17, 15) is 9.90 Å². The van der Waals surface area contributed by atoms with E-state index in [0.29, 0.717) is 12.2 Å². The summed E-state index contributed by atoms with van der Waals surface area (Å²) in [6.07, 6.45) is 1.52. The molecule has 1 amide bonds. The fraction of sp³-hybridized carbons (Fsp3) is 0.588. The van der Waals surface area contributed by atoms with Crippen LogP contribution in [0.15, 0.2) is 24.3 Å². The summed E-state index contributed by atoms with van der Waals surface area (Å²) in [6.45, 7) is 7.78. The van der Waals surface area contributed by atoms with Crippen LogP contribution in [0.1, 0.15) is 58.6 Å². The molecule has 0 saturated carbocycles. The molecule has 0 bridgehead atoms. The number of hydrogen-bond acceptors (Lipinski definition) is 3. The maximum Gasteiger partial charge on any atom is 0.260 e. The minimum atomic E-state index is -0.535. The summed E-state index contributed by atoms with van der Waals surface area (Å²) in [4.78, 5) is 12.0. The Morgan fingerprint density at radius 3 is 2.19 bits per heavy atom. The van der Waals surface area contributed by atoms with Crippen LogP contribution >= 0.6 is 0 Å². The summed E-state index contributed by atoms with van der Waals surface area (Å²) in [5.41, 5.74) is 0.860. The number of carbonyl (C=O) groups excluding carboxylic acids is 1. The van der Waals surface area contributed by atoms with E-state index in [-0.39, 0.29) is 11.9 Å². The first kappa shape index (κ1) is 17.5. The number of benzene rings is 1. The van der Waals surface area contributed by atoms with Crippen molar-refractivity contribution in [3.8, 4) is 5.75 Å². The SMILES string of the molecule is CCC(CC)NC(=O)C(C)Oc1ccc([C@@H](O)CC)cc1. The summed E-state index contributed by atoms with van der Waals surface area (Å²) in [7, 11) is 0. The zero-order valence-corrected chi connectivity index (χ0v) is 13.4. The Labute approximate surface area is 127 Å². The molecule has 0 saturated heterocycles. The van der Waals surface area contributed by atoms with Crippen LogP contribution in [-0.2, 0) is 4.79 Å². The van der Waals surface area contributed by atoms with E-state index in [2.05, 4.69) is 19.2 Å². The van der Waals surface area contributed by atoms with Gasteiger partial charge in [0.2, 0.25) is 0 Å². The largest absolute Gasteiger partial charge is 0.481 e. The average Bonchev–Trinajstić information content (AvgIpc) is 2.52. The Morgan fingerprint density at radius 2 is 1.71 bits per heavy atom. The van der Waals surface area contributed by atoms with Crippen LogP contribution in [-0.4, -0.2) is 23.2 Å². The number of hydrogen-bond donors (Lipinski definition) is 2. The minimum Gasteiger partial charge on any atom is -0.481 e. The van der Waals surface area contributed by atoms with Crippen molar-refractivity contribution < 1.29 is 14.6 Å². The highest BCUT2D eigenvalue weighted by Crippen LogP contribution is 2.20. The molecular weight excluding hydrogens is 266 g/mol. The molecule has 2 atom stereocenters. The van der Waals surface area contributed by atoms with Gasteiger partial charge in [0.15, 0.2) is 6.10 Å². The molecule has 0 aliphatic heterocycles. The maximum absolute atomic E-state index is 12.0. The summed E-state index contributed by atoms with van der Waals surface area (Å²) >= 11 is 0. The van der Waals surface area contributed by atoms with Gasteiger partial charge in [0, 0.05) is 6.04 Å². The maximum atomic E-state index is 12.0. The summed E-state index contributed by atoms with van der Waals surface area (Å²) in [5, 5.41) is 12.7. The molecule has 0 aliphatic carbocycles. The first-order chi connectivity index (χ1) is 10.0. The van der Waals surface area contributed by atoms with E-state index >= 15 is 0 Å². The van der Waals surface area contributed by atoms with E-state index in [0.717, 1.165) is 18.4 Å². The van der Waals surface area contributed by atoms with Crippen molar-refractivity contribution in [2.24, 2.45) is 0 Å². The van der Waals surface area contributed by atoms with E-state index in [4.69, 9.17) is 4.74 Å². The quantitative estimate of drug-likeness (QED) is 0.774. The van der Waals surface area contributed by atoms with E-state index < -0.39 is 12.2 Å². The smallest absolute Gasteiger partial charge is 0.260 e. The van der Waals surface area contributed by atoms with E-state index in [1.165, 1.54) is 0 Å². The highest BCUT2D eigenvalue weighted by atomic mass is 16.5. The van der Waals surface area contributed by atoms with Gasteiger partial charge in [-0.3, -0.25) is 4.79 Å². The number of ether oxygens (including phenoxy) is 1. The normalized spacial score (nSPS) is 13.8. The minimum absolute atomic E-state index is 0.0960. The van der Waals surface area contributed by atoms with E-state index in [1.807, 2.05) is 19.1 Å². The number of aliphatic hydroxyl groups is 1. The number of carbonyl (C=O) groups is 1. The van der Waals surface area contributed by atoms with Crippen LogP contribution in [0.5, 0.6) is 5.75 Å². The molecule has 0 aromatic heterocycles. The lowest BCUT2D eigenvalue weighted by molar-refractivity contribution is -0.128. The third-order valence-corrected chi connectivity index (χ3v) is 3.67. The Kier molecular flexibility index (Phi) is 7.23. The lowest BCUT2D eigenvalue weighted by Gasteiger charge is -2.19. The van der Waals surface area contributed by atoms with Crippen molar-refractivity contribution in [3.63, 3.8) is 0 Å². The number of nitrogens with one attached hydrogen (secondary N) is 1. The molecule has 2 N–H and O–H groups in total. The summed E-state index contributed by atoms with van der Waals surface area (Å²) < 4.78 is 5.64. The number of amides is 1. The second-order valence-corrected chi connectivity index (χ2v) is 5.28. The van der Waals surface area contributed by atoms with Crippen molar-refractivity contribution in [2.45, 2.75) is 65.2 Å². The summed E-state index contributed by atoms with van der Waals surface area (Å²) in [5.74, 6) is 0.538. The molecule has 0 aliphatic rings. The zero-order chi connectivity index (χ0) is 15.8. The van der Waals surface area contributed by atoms with Crippen molar-refractivity contribution in [3.05, 3.63) is 29.8 Å². The molecule has 21 heavy (non-hydrogen) atoms. The monoisotopic (exact) mass is 293 g/mol. The number of rotatable bonds is 8. The van der Waals surface area contributed by atoms with Crippen molar-refractivity contribution >= 4 is 5.91 Å². The van der Waals surface area contributed by atoms with Crippen LogP contribution in [0.3, 0.4) is 0 Å². The van der Waals surface area contributed by atoms with Crippen molar-refractivity contribution in [1.29, 1.82) is 0 Å². The molecule has 1 rings (SSSR count). The Balaban J connectivity index is 2.58. The van der Waals surface area contributed by atoms with Crippen LogP contribution < -0.4 is 10.1 Å². The fourth-order valence-electron chi connectivity index (χ4n) is 2.07. The molecule has 118 valence electrons. The average molecular weight is 293 g/mol. The lowest BCUT2D eigenvalue weighted by atomic mass is 10.1. The van der Waals surface area contributed by atoms with Gasteiger partial charge in [-0.2, -0.15) is 0 Å². The molecule has 0 fully saturated rings. The Hall–Kier alpha value is -1.55. The molecule has 4 nitrogen and oxygen atoms in total.